The lowest BCUT2D eigenvalue weighted by molar-refractivity contribution is -0.148. The molecule has 1 aliphatic rings. The second kappa shape index (κ2) is 5.48. The Labute approximate surface area is 118 Å². The summed E-state index contributed by atoms with van der Waals surface area (Å²) >= 11 is 3.40. The van der Waals surface area contributed by atoms with Gasteiger partial charge >= 0.3 is 5.97 Å². The van der Waals surface area contributed by atoms with Crippen LogP contribution >= 0.6 is 15.9 Å². The molecule has 7 heteroatoms. The lowest BCUT2D eigenvalue weighted by atomic mass is 10.0. The van der Waals surface area contributed by atoms with Crippen LogP contribution in [-0.2, 0) is 9.63 Å². The van der Waals surface area contributed by atoms with Gasteiger partial charge in [-0.15, -0.1) is 0 Å². The molecule has 1 heterocycles. The van der Waals surface area contributed by atoms with Crippen LogP contribution in [0.4, 0.5) is 0 Å². The molecule has 19 heavy (non-hydrogen) atoms. The van der Waals surface area contributed by atoms with Crippen LogP contribution in [0.5, 0.6) is 11.5 Å². The highest BCUT2D eigenvalue weighted by Gasteiger charge is 2.29. The fraction of sp³-hybridized carbons (Fsp3) is 0.333. The van der Waals surface area contributed by atoms with Crippen molar-refractivity contribution in [3.05, 3.63) is 22.2 Å². The van der Waals surface area contributed by atoms with Crippen molar-refractivity contribution in [3.8, 4) is 11.5 Å². The van der Waals surface area contributed by atoms with Crippen molar-refractivity contribution in [3.63, 3.8) is 0 Å². The number of carboxylic acids is 1. The molecule has 0 fully saturated rings. The van der Waals surface area contributed by atoms with Gasteiger partial charge in [-0.05, 0) is 28.1 Å². The Morgan fingerprint density at radius 1 is 1.42 bits per heavy atom. The zero-order valence-corrected chi connectivity index (χ0v) is 11.9. The van der Waals surface area contributed by atoms with E-state index in [2.05, 4.69) is 21.1 Å². The second-order valence-electron chi connectivity index (χ2n) is 3.86. The molecule has 0 amide bonds. The van der Waals surface area contributed by atoms with E-state index >= 15 is 0 Å². The van der Waals surface area contributed by atoms with E-state index in [0.29, 0.717) is 17.2 Å². The maximum Gasteiger partial charge on any atom is 0.348 e. The first-order chi connectivity index (χ1) is 9.06. The van der Waals surface area contributed by atoms with Crippen LogP contribution in [0.2, 0.25) is 0 Å². The monoisotopic (exact) mass is 329 g/mol. The van der Waals surface area contributed by atoms with Crippen LogP contribution in [-0.4, -0.2) is 37.1 Å². The molecule has 0 radical (unpaired) electrons. The lowest BCUT2D eigenvalue weighted by Gasteiger charge is -2.11. The van der Waals surface area contributed by atoms with E-state index in [-0.39, 0.29) is 6.42 Å². The van der Waals surface area contributed by atoms with Gasteiger partial charge in [-0.2, -0.15) is 0 Å². The van der Waals surface area contributed by atoms with E-state index in [0.717, 1.165) is 10.0 Å². The number of oxime groups is 1. The van der Waals surface area contributed by atoms with Gasteiger partial charge in [0, 0.05) is 16.5 Å². The SMILES string of the molecule is COc1cc(Br)c(C2=NOC(C(=O)O)C2)cc1OC. The van der Waals surface area contributed by atoms with Crippen molar-refractivity contribution in [2.75, 3.05) is 14.2 Å². The van der Waals surface area contributed by atoms with Gasteiger partial charge in [0.1, 0.15) is 0 Å². The van der Waals surface area contributed by atoms with Gasteiger partial charge in [0.25, 0.3) is 0 Å². The highest BCUT2D eigenvalue weighted by atomic mass is 79.9. The van der Waals surface area contributed by atoms with Crippen molar-refractivity contribution in [2.45, 2.75) is 12.5 Å². The zero-order valence-electron chi connectivity index (χ0n) is 10.3. The molecule has 0 aliphatic carbocycles. The Morgan fingerprint density at radius 2 is 2.05 bits per heavy atom. The molecule has 0 saturated carbocycles. The molecule has 0 aromatic heterocycles. The van der Waals surface area contributed by atoms with Crippen LogP contribution < -0.4 is 9.47 Å². The second-order valence-corrected chi connectivity index (χ2v) is 4.72. The van der Waals surface area contributed by atoms with E-state index < -0.39 is 12.1 Å². The van der Waals surface area contributed by atoms with Crippen LogP contribution in [0.1, 0.15) is 12.0 Å². The molecular weight excluding hydrogens is 318 g/mol. The average Bonchev–Trinajstić information content (AvgIpc) is 2.87. The van der Waals surface area contributed by atoms with Gasteiger partial charge in [0.2, 0.25) is 6.10 Å². The number of aliphatic carboxylic acids is 1. The summed E-state index contributed by atoms with van der Waals surface area (Å²) < 4.78 is 11.1. The number of halogens is 1. The summed E-state index contributed by atoms with van der Waals surface area (Å²) in [6.07, 6.45) is -0.723. The molecule has 1 aromatic rings. The average molecular weight is 330 g/mol. The number of nitrogens with zero attached hydrogens (tertiary/aromatic N) is 1. The number of carbonyl (C=O) groups is 1. The van der Waals surface area contributed by atoms with E-state index in [1.54, 1.807) is 19.2 Å². The number of hydrogen-bond acceptors (Lipinski definition) is 5. The van der Waals surface area contributed by atoms with Gasteiger partial charge in [0.15, 0.2) is 11.5 Å². The van der Waals surface area contributed by atoms with Gasteiger partial charge in [-0.1, -0.05) is 5.16 Å². The van der Waals surface area contributed by atoms with Gasteiger partial charge < -0.3 is 19.4 Å². The highest BCUT2D eigenvalue weighted by molar-refractivity contribution is 9.10. The Kier molecular flexibility index (Phi) is 3.94. The minimum Gasteiger partial charge on any atom is -0.493 e. The maximum absolute atomic E-state index is 10.8. The summed E-state index contributed by atoms with van der Waals surface area (Å²) in [5.74, 6) is 0.0879. The summed E-state index contributed by atoms with van der Waals surface area (Å²) in [5.41, 5.74) is 1.28. The minimum absolute atomic E-state index is 0.212. The molecular formula is C12H12BrNO5. The van der Waals surface area contributed by atoms with E-state index in [4.69, 9.17) is 19.4 Å². The first kappa shape index (κ1) is 13.7. The number of benzene rings is 1. The zero-order chi connectivity index (χ0) is 14.0. The summed E-state index contributed by atoms with van der Waals surface area (Å²) in [4.78, 5) is 15.7. The molecule has 6 nitrogen and oxygen atoms in total. The van der Waals surface area contributed by atoms with Crippen molar-refractivity contribution >= 4 is 27.6 Å². The van der Waals surface area contributed by atoms with Crippen LogP contribution in [0.15, 0.2) is 21.8 Å². The highest BCUT2D eigenvalue weighted by Crippen LogP contribution is 2.35. The van der Waals surface area contributed by atoms with Crippen molar-refractivity contribution in [1.82, 2.24) is 0 Å². The molecule has 1 N–H and O–H groups in total. The molecule has 0 spiro atoms. The normalized spacial score (nSPS) is 17.6. The standard InChI is InChI=1S/C12H12BrNO5/c1-17-9-3-6(7(13)4-10(9)18-2)8-5-11(12(15)16)19-14-8/h3-4,11H,5H2,1-2H3,(H,15,16). The maximum atomic E-state index is 10.8. The number of hydrogen-bond donors (Lipinski definition) is 1. The molecule has 1 atom stereocenters. The van der Waals surface area contributed by atoms with E-state index in [1.807, 2.05) is 0 Å². The first-order valence-corrected chi connectivity index (χ1v) is 6.23. The molecule has 102 valence electrons. The van der Waals surface area contributed by atoms with Gasteiger partial charge in [-0.25, -0.2) is 4.79 Å². The molecule has 2 rings (SSSR count). The predicted octanol–water partition coefficient (Wildman–Crippen LogP) is 2.04. The lowest BCUT2D eigenvalue weighted by Crippen LogP contribution is -2.20. The fourth-order valence-electron chi connectivity index (χ4n) is 1.74. The van der Waals surface area contributed by atoms with Crippen molar-refractivity contribution in [2.24, 2.45) is 5.16 Å². The Bertz CT molecular complexity index is 543. The number of ether oxygens (including phenoxy) is 2. The van der Waals surface area contributed by atoms with Gasteiger partial charge in [-0.3, -0.25) is 0 Å². The van der Waals surface area contributed by atoms with Crippen molar-refractivity contribution < 1.29 is 24.2 Å². The van der Waals surface area contributed by atoms with E-state index in [9.17, 15) is 4.79 Å². The van der Waals surface area contributed by atoms with Crippen LogP contribution in [0, 0.1) is 0 Å². The predicted molar refractivity (Wildman–Crippen MR) is 70.9 cm³/mol. The summed E-state index contributed by atoms with van der Waals surface area (Å²) in [6.45, 7) is 0. The van der Waals surface area contributed by atoms with Gasteiger partial charge in [0.05, 0.1) is 19.9 Å². The number of carboxylic acid groups (broad SMARTS) is 1. The minimum atomic E-state index is -1.03. The quantitative estimate of drug-likeness (QED) is 0.914. The Hall–Kier alpha value is -1.76. The third-order valence-electron chi connectivity index (χ3n) is 2.73. The number of methoxy groups -OCH3 is 2. The third kappa shape index (κ3) is 2.65. The number of rotatable bonds is 4. The topological polar surface area (TPSA) is 77.4 Å². The summed E-state index contributed by atoms with van der Waals surface area (Å²) in [5, 5.41) is 12.7. The molecule has 0 bridgehead atoms. The summed E-state index contributed by atoms with van der Waals surface area (Å²) in [7, 11) is 3.07. The molecule has 1 aromatic carbocycles. The third-order valence-corrected chi connectivity index (χ3v) is 3.38. The van der Waals surface area contributed by atoms with Crippen LogP contribution in [0.25, 0.3) is 0 Å². The van der Waals surface area contributed by atoms with Crippen molar-refractivity contribution in [1.29, 1.82) is 0 Å². The van der Waals surface area contributed by atoms with E-state index in [1.165, 1.54) is 7.11 Å². The van der Waals surface area contributed by atoms with Crippen LogP contribution in [0.3, 0.4) is 0 Å². The first-order valence-electron chi connectivity index (χ1n) is 5.44. The Balaban J connectivity index is 2.34. The fourth-order valence-corrected chi connectivity index (χ4v) is 2.30. The smallest absolute Gasteiger partial charge is 0.348 e. The molecule has 0 saturated heterocycles. The summed E-state index contributed by atoms with van der Waals surface area (Å²) in [6, 6.07) is 3.47. The molecule has 1 unspecified atom stereocenters. The Morgan fingerprint density at radius 3 is 2.58 bits per heavy atom. The molecule has 1 aliphatic heterocycles. The largest absolute Gasteiger partial charge is 0.493 e.